The molecular formula is C19H20N2O4. The first-order valence-corrected chi connectivity index (χ1v) is 7.77. The van der Waals surface area contributed by atoms with E-state index in [1.807, 2.05) is 30.3 Å². The second kappa shape index (κ2) is 9.30. The van der Waals surface area contributed by atoms with Crippen LogP contribution in [0.2, 0.25) is 0 Å². The summed E-state index contributed by atoms with van der Waals surface area (Å²) in [7, 11) is 1.60. The van der Waals surface area contributed by atoms with Gasteiger partial charge in [-0.3, -0.25) is 4.79 Å². The summed E-state index contributed by atoms with van der Waals surface area (Å²) in [5.74, 6) is 1.08. The quantitative estimate of drug-likeness (QED) is 0.798. The molecule has 2 rings (SSSR count). The van der Waals surface area contributed by atoms with Gasteiger partial charge in [0.2, 0.25) is 0 Å². The van der Waals surface area contributed by atoms with Gasteiger partial charge in [-0.15, -0.1) is 0 Å². The fourth-order valence-corrected chi connectivity index (χ4v) is 2.05. The molecule has 0 heterocycles. The van der Waals surface area contributed by atoms with Crippen molar-refractivity contribution in [2.75, 3.05) is 19.0 Å². The van der Waals surface area contributed by atoms with Gasteiger partial charge in [-0.25, -0.2) is 0 Å². The minimum Gasteiger partial charge on any atom is -0.497 e. The minimum atomic E-state index is -0.610. The maximum Gasteiger partial charge on any atom is 0.253 e. The summed E-state index contributed by atoms with van der Waals surface area (Å²) in [6.07, 6.45) is -0.610. The third kappa shape index (κ3) is 5.83. The zero-order valence-corrected chi connectivity index (χ0v) is 14.2. The van der Waals surface area contributed by atoms with E-state index >= 15 is 0 Å². The number of carbonyl (C=O) groups is 1. The van der Waals surface area contributed by atoms with Gasteiger partial charge in [-0.2, -0.15) is 5.26 Å². The van der Waals surface area contributed by atoms with Crippen molar-refractivity contribution in [1.29, 1.82) is 5.26 Å². The average molecular weight is 340 g/mol. The lowest BCUT2D eigenvalue weighted by Gasteiger charge is -2.14. The van der Waals surface area contributed by atoms with E-state index in [-0.39, 0.29) is 12.5 Å². The highest BCUT2D eigenvalue weighted by Gasteiger charge is 2.14. The van der Waals surface area contributed by atoms with Gasteiger partial charge in [0, 0.05) is 5.69 Å². The molecule has 1 unspecified atom stereocenters. The molecule has 1 amide bonds. The van der Waals surface area contributed by atoms with Crippen LogP contribution in [0.5, 0.6) is 11.5 Å². The lowest BCUT2D eigenvalue weighted by molar-refractivity contribution is -0.127. The van der Waals surface area contributed by atoms with Crippen LogP contribution in [0.3, 0.4) is 0 Å². The van der Waals surface area contributed by atoms with Crippen LogP contribution in [-0.2, 0) is 16.1 Å². The monoisotopic (exact) mass is 340 g/mol. The van der Waals surface area contributed by atoms with Gasteiger partial charge in [0.25, 0.3) is 5.91 Å². The predicted octanol–water partition coefficient (Wildman–Crippen LogP) is 3.14. The molecule has 1 atom stereocenters. The summed E-state index contributed by atoms with van der Waals surface area (Å²) in [5, 5.41) is 11.2. The van der Waals surface area contributed by atoms with Crippen molar-refractivity contribution in [3.63, 3.8) is 0 Å². The van der Waals surface area contributed by atoms with Crippen molar-refractivity contribution in [2.45, 2.75) is 19.6 Å². The fourth-order valence-electron chi connectivity index (χ4n) is 2.05. The Bertz CT molecular complexity index is 738. The Morgan fingerprint density at radius 2 is 1.96 bits per heavy atom. The number of carbonyl (C=O) groups excluding carboxylic acids is 1. The van der Waals surface area contributed by atoms with Gasteiger partial charge in [0.1, 0.15) is 23.7 Å². The molecule has 0 aromatic heterocycles. The molecular weight excluding hydrogens is 320 g/mol. The van der Waals surface area contributed by atoms with Crippen molar-refractivity contribution in [3.05, 3.63) is 54.1 Å². The summed E-state index contributed by atoms with van der Waals surface area (Å²) < 4.78 is 15.9. The highest BCUT2D eigenvalue weighted by atomic mass is 16.5. The van der Waals surface area contributed by atoms with Gasteiger partial charge >= 0.3 is 0 Å². The topological polar surface area (TPSA) is 80.6 Å². The van der Waals surface area contributed by atoms with E-state index in [1.54, 1.807) is 38.3 Å². The van der Waals surface area contributed by atoms with Gasteiger partial charge < -0.3 is 19.5 Å². The summed E-state index contributed by atoms with van der Waals surface area (Å²) in [4.78, 5) is 12.2. The van der Waals surface area contributed by atoms with E-state index in [0.29, 0.717) is 18.0 Å². The first kappa shape index (κ1) is 18.3. The second-order valence-corrected chi connectivity index (χ2v) is 5.27. The predicted molar refractivity (Wildman–Crippen MR) is 93.4 cm³/mol. The smallest absolute Gasteiger partial charge is 0.253 e. The van der Waals surface area contributed by atoms with Crippen LogP contribution >= 0.6 is 0 Å². The number of methoxy groups -OCH3 is 1. The Morgan fingerprint density at radius 3 is 2.64 bits per heavy atom. The number of nitrogens with zero attached hydrogens (tertiary/aromatic N) is 1. The third-order valence-corrected chi connectivity index (χ3v) is 3.43. The SMILES string of the molecule is COc1cccc(COC(C)C(=O)Nc2ccc(OCC#N)cc2)c1. The van der Waals surface area contributed by atoms with Crippen molar-refractivity contribution < 1.29 is 19.0 Å². The number of amides is 1. The number of ether oxygens (including phenoxy) is 3. The molecule has 0 aliphatic rings. The third-order valence-electron chi connectivity index (χ3n) is 3.43. The number of benzene rings is 2. The molecule has 2 aromatic rings. The largest absolute Gasteiger partial charge is 0.497 e. The van der Waals surface area contributed by atoms with E-state index < -0.39 is 6.10 Å². The van der Waals surface area contributed by atoms with Crippen molar-refractivity contribution >= 4 is 11.6 Å². The number of nitriles is 1. The highest BCUT2D eigenvalue weighted by Crippen LogP contribution is 2.17. The van der Waals surface area contributed by atoms with Crippen LogP contribution < -0.4 is 14.8 Å². The average Bonchev–Trinajstić information content (AvgIpc) is 2.65. The van der Waals surface area contributed by atoms with E-state index in [0.717, 1.165) is 11.3 Å². The Balaban J connectivity index is 1.84. The van der Waals surface area contributed by atoms with Crippen LogP contribution in [0.15, 0.2) is 48.5 Å². The minimum absolute atomic E-state index is 0.0130. The van der Waals surface area contributed by atoms with Crippen LogP contribution in [0.4, 0.5) is 5.69 Å². The normalized spacial score (nSPS) is 11.2. The molecule has 25 heavy (non-hydrogen) atoms. The zero-order valence-electron chi connectivity index (χ0n) is 14.2. The molecule has 1 N–H and O–H groups in total. The van der Waals surface area contributed by atoms with Crippen LogP contribution in [0.1, 0.15) is 12.5 Å². The Hall–Kier alpha value is -3.04. The molecule has 0 bridgehead atoms. The molecule has 0 radical (unpaired) electrons. The standard InChI is InChI=1S/C19H20N2O4/c1-14(25-13-15-4-3-5-18(12-15)23-2)19(22)21-16-6-8-17(9-7-16)24-11-10-20/h3-9,12,14H,11,13H2,1-2H3,(H,21,22). The Kier molecular flexibility index (Phi) is 6.81. The Morgan fingerprint density at radius 1 is 1.20 bits per heavy atom. The van der Waals surface area contributed by atoms with E-state index in [1.165, 1.54) is 0 Å². The highest BCUT2D eigenvalue weighted by molar-refractivity contribution is 5.93. The summed E-state index contributed by atoms with van der Waals surface area (Å²) in [5.41, 5.74) is 1.56. The molecule has 0 spiro atoms. The number of hydrogen-bond donors (Lipinski definition) is 1. The fraction of sp³-hybridized carbons (Fsp3) is 0.263. The molecule has 0 aliphatic heterocycles. The van der Waals surface area contributed by atoms with Crippen molar-refractivity contribution in [3.8, 4) is 17.6 Å². The molecule has 0 saturated heterocycles. The van der Waals surface area contributed by atoms with Crippen molar-refractivity contribution in [1.82, 2.24) is 0 Å². The molecule has 6 heteroatoms. The molecule has 6 nitrogen and oxygen atoms in total. The number of nitrogens with one attached hydrogen (secondary N) is 1. The van der Waals surface area contributed by atoms with Crippen LogP contribution in [0.25, 0.3) is 0 Å². The van der Waals surface area contributed by atoms with Crippen molar-refractivity contribution in [2.24, 2.45) is 0 Å². The number of rotatable bonds is 8. The maximum atomic E-state index is 12.2. The van der Waals surface area contributed by atoms with Gasteiger partial charge in [-0.1, -0.05) is 12.1 Å². The zero-order chi connectivity index (χ0) is 18.1. The van der Waals surface area contributed by atoms with Gasteiger partial charge in [0.15, 0.2) is 6.61 Å². The first-order chi connectivity index (χ1) is 12.1. The summed E-state index contributed by atoms with van der Waals surface area (Å²) >= 11 is 0. The molecule has 0 saturated carbocycles. The molecule has 2 aromatic carbocycles. The molecule has 130 valence electrons. The van der Waals surface area contributed by atoms with Gasteiger partial charge in [-0.05, 0) is 48.9 Å². The first-order valence-electron chi connectivity index (χ1n) is 7.77. The van der Waals surface area contributed by atoms with Crippen LogP contribution in [-0.4, -0.2) is 25.7 Å². The number of hydrogen-bond acceptors (Lipinski definition) is 5. The lowest BCUT2D eigenvalue weighted by Crippen LogP contribution is -2.27. The summed E-state index contributed by atoms with van der Waals surface area (Å²) in [6.45, 7) is 1.99. The lowest BCUT2D eigenvalue weighted by atomic mass is 10.2. The van der Waals surface area contributed by atoms with Crippen LogP contribution in [0, 0.1) is 11.3 Å². The van der Waals surface area contributed by atoms with E-state index in [2.05, 4.69) is 5.32 Å². The van der Waals surface area contributed by atoms with E-state index in [9.17, 15) is 4.79 Å². The Labute approximate surface area is 146 Å². The van der Waals surface area contributed by atoms with Gasteiger partial charge in [0.05, 0.1) is 13.7 Å². The maximum absolute atomic E-state index is 12.2. The van der Waals surface area contributed by atoms with E-state index in [4.69, 9.17) is 19.5 Å². The second-order valence-electron chi connectivity index (χ2n) is 5.27. The summed E-state index contributed by atoms with van der Waals surface area (Å²) in [6, 6.07) is 16.2. The molecule has 0 aliphatic carbocycles. The number of anilines is 1. The molecule has 0 fully saturated rings.